The first-order chi connectivity index (χ1) is 6.59. The van der Waals surface area contributed by atoms with E-state index in [9.17, 15) is 4.39 Å². The molecular weight excluding hydrogens is 226 g/mol. The monoisotopic (exact) mass is 230 g/mol. The summed E-state index contributed by atoms with van der Waals surface area (Å²) >= 11 is 11.4. The van der Waals surface area contributed by atoms with Gasteiger partial charge in [-0.1, -0.05) is 23.2 Å². The molecule has 0 spiro atoms. The highest BCUT2D eigenvalue weighted by atomic mass is 35.5. The number of rotatable bonds is 0. The number of fused-ring (bicyclic) bond motifs is 1. The second-order valence-corrected chi connectivity index (χ2v) is 3.59. The maximum Gasteiger partial charge on any atom is 0.168 e. The van der Waals surface area contributed by atoms with E-state index in [4.69, 9.17) is 23.2 Å². The van der Waals surface area contributed by atoms with E-state index >= 15 is 0 Å². The number of halogens is 3. The molecule has 0 saturated carbocycles. The standard InChI is InChI=1S/C9H5Cl2FN2/c1-4-2-5-6(8(10)14-4)3-13-9(11)7(5)12/h2-3H,1H3. The van der Waals surface area contributed by atoms with Crippen molar-refractivity contribution in [1.82, 2.24) is 9.97 Å². The Balaban J connectivity index is 2.95. The summed E-state index contributed by atoms with van der Waals surface area (Å²) in [5, 5.41) is 0.906. The Bertz CT molecular complexity index is 514. The molecule has 14 heavy (non-hydrogen) atoms. The van der Waals surface area contributed by atoms with E-state index in [0.717, 1.165) is 0 Å². The SMILES string of the molecule is Cc1cc2c(F)c(Cl)ncc2c(Cl)n1. The van der Waals surface area contributed by atoms with Crippen LogP contribution in [0.3, 0.4) is 0 Å². The molecule has 2 nitrogen and oxygen atoms in total. The van der Waals surface area contributed by atoms with Crippen molar-refractivity contribution in [3.8, 4) is 0 Å². The summed E-state index contributed by atoms with van der Waals surface area (Å²) in [6.07, 6.45) is 1.41. The van der Waals surface area contributed by atoms with Gasteiger partial charge in [0.25, 0.3) is 0 Å². The number of aromatic nitrogens is 2. The van der Waals surface area contributed by atoms with Crippen LogP contribution in [0.15, 0.2) is 12.3 Å². The molecule has 0 aliphatic heterocycles. The third kappa shape index (κ3) is 1.42. The molecule has 2 aromatic heterocycles. The summed E-state index contributed by atoms with van der Waals surface area (Å²) in [7, 11) is 0. The molecule has 0 unspecified atom stereocenters. The molecule has 0 atom stereocenters. The number of hydrogen-bond donors (Lipinski definition) is 0. The van der Waals surface area contributed by atoms with Gasteiger partial charge in [-0.15, -0.1) is 0 Å². The Labute approximate surface area is 89.7 Å². The van der Waals surface area contributed by atoms with Crippen molar-refractivity contribution in [2.75, 3.05) is 0 Å². The van der Waals surface area contributed by atoms with Gasteiger partial charge in [0, 0.05) is 22.7 Å². The molecule has 2 rings (SSSR count). The molecule has 5 heteroatoms. The lowest BCUT2D eigenvalue weighted by atomic mass is 10.2. The second kappa shape index (κ2) is 3.33. The van der Waals surface area contributed by atoms with Crippen molar-refractivity contribution >= 4 is 34.0 Å². The zero-order chi connectivity index (χ0) is 10.3. The van der Waals surface area contributed by atoms with Gasteiger partial charge in [-0.3, -0.25) is 0 Å². The van der Waals surface area contributed by atoms with Gasteiger partial charge >= 0.3 is 0 Å². The molecule has 0 amide bonds. The number of aryl methyl sites for hydroxylation is 1. The highest BCUT2D eigenvalue weighted by Crippen LogP contribution is 2.27. The van der Waals surface area contributed by atoms with Crippen molar-refractivity contribution in [3.05, 3.63) is 34.1 Å². The topological polar surface area (TPSA) is 25.8 Å². The number of nitrogens with zero attached hydrogens (tertiary/aromatic N) is 2. The van der Waals surface area contributed by atoms with Gasteiger partial charge in [-0.25, -0.2) is 14.4 Å². The van der Waals surface area contributed by atoms with Gasteiger partial charge in [0.05, 0.1) is 0 Å². The van der Waals surface area contributed by atoms with Gasteiger partial charge in [-0.2, -0.15) is 0 Å². The minimum absolute atomic E-state index is 0.154. The van der Waals surface area contributed by atoms with Crippen LogP contribution < -0.4 is 0 Å². The summed E-state index contributed by atoms with van der Waals surface area (Å²) < 4.78 is 13.5. The van der Waals surface area contributed by atoms with Crippen LogP contribution in [-0.2, 0) is 0 Å². The maximum absolute atomic E-state index is 13.5. The van der Waals surface area contributed by atoms with Crippen LogP contribution in [0.25, 0.3) is 10.8 Å². The summed E-state index contributed by atoms with van der Waals surface area (Å²) in [5.41, 5.74) is 0.642. The van der Waals surface area contributed by atoms with Crippen LogP contribution in [0, 0.1) is 12.7 Å². The molecule has 0 aromatic carbocycles. The summed E-state index contributed by atoms with van der Waals surface area (Å²) in [5.74, 6) is -0.559. The van der Waals surface area contributed by atoms with E-state index in [2.05, 4.69) is 9.97 Å². The van der Waals surface area contributed by atoms with Crippen LogP contribution in [0.2, 0.25) is 10.3 Å². The summed E-state index contributed by atoms with van der Waals surface area (Å²) in [6, 6.07) is 1.59. The lowest BCUT2D eigenvalue weighted by molar-refractivity contribution is 0.634. The number of pyridine rings is 2. The molecular formula is C9H5Cl2FN2. The van der Waals surface area contributed by atoms with E-state index < -0.39 is 5.82 Å². The Morgan fingerprint density at radius 3 is 2.64 bits per heavy atom. The van der Waals surface area contributed by atoms with Gasteiger partial charge in [0.1, 0.15) is 5.15 Å². The van der Waals surface area contributed by atoms with Crippen molar-refractivity contribution < 1.29 is 4.39 Å². The lowest BCUT2D eigenvalue weighted by Gasteiger charge is -2.03. The smallest absolute Gasteiger partial charge is 0.168 e. The molecule has 0 N–H and O–H groups in total. The van der Waals surface area contributed by atoms with Gasteiger partial charge in [0.15, 0.2) is 11.0 Å². The third-order valence-corrected chi connectivity index (χ3v) is 2.42. The average Bonchev–Trinajstić information content (AvgIpc) is 2.12. The Hall–Kier alpha value is -0.930. The normalized spacial score (nSPS) is 10.9. The van der Waals surface area contributed by atoms with E-state index in [0.29, 0.717) is 16.5 Å². The van der Waals surface area contributed by atoms with Crippen molar-refractivity contribution in [2.24, 2.45) is 0 Å². The van der Waals surface area contributed by atoms with Crippen LogP contribution in [0.4, 0.5) is 4.39 Å². The molecule has 0 aliphatic rings. The fourth-order valence-corrected chi connectivity index (χ4v) is 1.67. The van der Waals surface area contributed by atoms with E-state index in [-0.39, 0.29) is 10.3 Å². The minimum Gasteiger partial charge on any atom is -0.241 e. The van der Waals surface area contributed by atoms with Crippen molar-refractivity contribution in [2.45, 2.75) is 6.92 Å². The predicted octanol–water partition coefficient (Wildman–Crippen LogP) is 3.38. The zero-order valence-electron chi connectivity index (χ0n) is 7.18. The summed E-state index contributed by atoms with van der Waals surface area (Å²) in [4.78, 5) is 7.65. The van der Waals surface area contributed by atoms with Crippen LogP contribution >= 0.6 is 23.2 Å². The molecule has 0 fully saturated rings. The van der Waals surface area contributed by atoms with Gasteiger partial charge in [-0.05, 0) is 13.0 Å². The fraction of sp³-hybridized carbons (Fsp3) is 0.111. The van der Waals surface area contributed by atoms with Gasteiger partial charge < -0.3 is 0 Å². The highest BCUT2D eigenvalue weighted by Gasteiger charge is 2.10. The molecule has 0 bridgehead atoms. The second-order valence-electron chi connectivity index (χ2n) is 2.88. The Kier molecular flexibility index (Phi) is 2.29. The molecule has 0 aliphatic carbocycles. The largest absolute Gasteiger partial charge is 0.241 e. The molecule has 0 radical (unpaired) electrons. The predicted molar refractivity (Wildman–Crippen MR) is 54.3 cm³/mol. The van der Waals surface area contributed by atoms with E-state index in [1.165, 1.54) is 6.20 Å². The molecule has 2 heterocycles. The van der Waals surface area contributed by atoms with E-state index in [1.807, 2.05) is 0 Å². The first-order valence-corrected chi connectivity index (χ1v) is 4.62. The Morgan fingerprint density at radius 2 is 1.93 bits per heavy atom. The first kappa shape index (κ1) is 9.62. The van der Waals surface area contributed by atoms with Gasteiger partial charge in [0.2, 0.25) is 0 Å². The maximum atomic E-state index is 13.5. The fourth-order valence-electron chi connectivity index (χ4n) is 1.24. The van der Waals surface area contributed by atoms with Crippen LogP contribution in [0.1, 0.15) is 5.69 Å². The van der Waals surface area contributed by atoms with Crippen molar-refractivity contribution in [3.63, 3.8) is 0 Å². The average molecular weight is 231 g/mol. The summed E-state index contributed by atoms with van der Waals surface area (Å²) in [6.45, 7) is 1.74. The van der Waals surface area contributed by atoms with E-state index in [1.54, 1.807) is 13.0 Å². The van der Waals surface area contributed by atoms with Crippen LogP contribution in [-0.4, -0.2) is 9.97 Å². The zero-order valence-corrected chi connectivity index (χ0v) is 8.69. The number of hydrogen-bond acceptors (Lipinski definition) is 2. The first-order valence-electron chi connectivity index (χ1n) is 3.86. The minimum atomic E-state index is -0.559. The quantitative estimate of drug-likeness (QED) is 0.649. The van der Waals surface area contributed by atoms with Crippen LogP contribution in [0.5, 0.6) is 0 Å². The lowest BCUT2D eigenvalue weighted by Crippen LogP contribution is -1.90. The third-order valence-electron chi connectivity index (χ3n) is 1.86. The Morgan fingerprint density at radius 1 is 1.21 bits per heavy atom. The molecule has 0 saturated heterocycles. The molecule has 72 valence electrons. The van der Waals surface area contributed by atoms with Crippen molar-refractivity contribution in [1.29, 1.82) is 0 Å². The molecule has 2 aromatic rings. The highest BCUT2D eigenvalue weighted by molar-refractivity contribution is 6.35.